The number of rotatable bonds is 6. The molecule has 0 unspecified atom stereocenters. The number of unbranched alkanes of at least 4 members (excludes halogenated alkanes) is 2. The molecule has 0 aromatic heterocycles. The van der Waals surface area contributed by atoms with Gasteiger partial charge in [-0.05, 0) is 12.8 Å². The maximum Gasteiger partial charge on any atom is 0.0799 e. The summed E-state index contributed by atoms with van der Waals surface area (Å²) in [7, 11) is 0. The summed E-state index contributed by atoms with van der Waals surface area (Å²) in [6.07, 6.45) is 3.69. The zero-order chi connectivity index (χ0) is 8.69. The van der Waals surface area contributed by atoms with Gasteiger partial charge in [0.25, 0.3) is 0 Å². The summed E-state index contributed by atoms with van der Waals surface area (Å²) >= 11 is 0. The number of aliphatic hydroxyl groups is 2. The van der Waals surface area contributed by atoms with Gasteiger partial charge in [0.15, 0.2) is 0 Å². The number of hydrogen-bond donors (Lipinski definition) is 2. The molecule has 68 valence electrons. The Hall–Kier alpha value is -0.0800. The second kappa shape index (κ2) is 6.62. The second-order valence-corrected chi connectivity index (χ2v) is 3.04. The molecule has 0 aliphatic rings. The van der Waals surface area contributed by atoms with E-state index >= 15 is 0 Å². The third-order valence-corrected chi connectivity index (χ3v) is 1.97. The molecule has 2 nitrogen and oxygen atoms in total. The zero-order valence-electron chi connectivity index (χ0n) is 7.58. The van der Waals surface area contributed by atoms with Crippen molar-refractivity contribution in [2.24, 2.45) is 0 Å². The third-order valence-electron chi connectivity index (χ3n) is 1.97. The molecule has 2 atom stereocenters. The van der Waals surface area contributed by atoms with Crippen LogP contribution in [-0.2, 0) is 0 Å². The van der Waals surface area contributed by atoms with Gasteiger partial charge in [-0.2, -0.15) is 0 Å². The van der Waals surface area contributed by atoms with Crippen molar-refractivity contribution in [3.8, 4) is 0 Å². The Morgan fingerprint density at radius 3 is 2.09 bits per heavy atom. The molecule has 0 aliphatic carbocycles. The Labute approximate surface area is 69.2 Å². The maximum absolute atomic E-state index is 9.29. The summed E-state index contributed by atoms with van der Waals surface area (Å²) in [6.45, 7) is 4.01. The van der Waals surface area contributed by atoms with Crippen LogP contribution >= 0.6 is 0 Å². The Kier molecular flexibility index (Phi) is 6.57. The van der Waals surface area contributed by atoms with Gasteiger partial charge in [-0.3, -0.25) is 0 Å². The number of aliphatic hydroxyl groups excluding tert-OH is 2. The number of hydrogen-bond acceptors (Lipinski definition) is 2. The molecule has 0 rings (SSSR count). The van der Waals surface area contributed by atoms with E-state index in [1.165, 1.54) is 0 Å². The van der Waals surface area contributed by atoms with Crippen LogP contribution in [0.25, 0.3) is 0 Å². The summed E-state index contributed by atoms with van der Waals surface area (Å²) < 4.78 is 0. The molecule has 11 heavy (non-hydrogen) atoms. The molecule has 0 saturated carbocycles. The van der Waals surface area contributed by atoms with E-state index in [0.29, 0.717) is 6.42 Å². The Bertz CT molecular complexity index is 83.6. The minimum Gasteiger partial charge on any atom is -0.390 e. The summed E-state index contributed by atoms with van der Waals surface area (Å²) in [6, 6.07) is 0. The first-order valence-corrected chi connectivity index (χ1v) is 4.58. The van der Waals surface area contributed by atoms with Crippen molar-refractivity contribution in [1.29, 1.82) is 0 Å². The fraction of sp³-hybridized carbons (Fsp3) is 1.00. The molecule has 0 spiro atoms. The standard InChI is InChI=1S/C9H20O2/c1-3-5-6-7-9(11)8(10)4-2/h8-11H,3-7H2,1-2H3/t8-,9+/m0/s1. The van der Waals surface area contributed by atoms with E-state index in [1.807, 2.05) is 6.92 Å². The van der Waals surface area contributed by atoms with Crippen LogP contribution in [0.4, 0.5) is 0 Å². The maximum atomic E-state index is 9.29. The van der Waals surface area contributed by atoms with Gasteiger partial charge in [0.05, 0.1) is 12.2 Å². The first kappa shape index (κ1) is 10.9. The molecule has 0 aromatic rings. The van der Waals surface area contributed by atoms with Gasteiger partial charge in [0.1, 0.15) is 0 Å². The Morgan fingerprint density at radius 1 is 1.00 bits per heavy atom. The van der Waals surface area contributed by atoms with E-state index < -0.39 is 12.2 Å². The first-order valence-electron chi connectivity index (χ1n) is 4.58. The van der Waals surface area contributed by atoms with Gasteiger partial charge in [-0.25, -0.2) is 0 Å². The second-order valence-electron chi connectivity index (χ2n) is 3.04. The largest absolute Gasteiger partial charge is 0.390 e. The molecule has 0 amide bonds. The molecule has 0 heterocycles. The van der Waals surface area contributed by atoms with E-state index in [-0.39, 0.29) is 0 Å². The molecular formula is C9H20O2. The lowest BCUT2D eigenvalue weighted by molar-refractivity contribution is 0.0114. The van der Waals surface area contributed by atoms with Crippen molar-refractivity contribution in [3.63, 3.8) is 0 Å². The van der Waals surface area contributed by atoms with Crippen molar-refractivity contribution in [2.75, 3.05) is 0 Å². The average molecular weight is 160 g/mol. The summed E-state index contributed by atoms with van der Waals surface area (Å²) in [4.78, 5) is 0. The highest BCUT2D eigenvalue weighted by molar-refractivity contribution is 4.64. The van der Waals surface area contributed by atoms with Crippen LogP contribution in [-0.4, -0.2) is 22.4 Å². The van der Waals surface area contributed by atoms with Crippen LogP contribution < -0.4 is 0 Å². The van der Waals surface area contributed by atoms with E-state index in [0.717, 1.165) is 25.7 Å². The predicted molar refractivity (Wildman–Crippen MR) is 46.4 cm³/mol. The van der Waals surface area contributed by atoms with E-state index in [4.69, 9.17) is 0 Å². The van der Waals surface area contributed by atoms with Gasteiger partial charge >= 0.3 is 0 Å². The normalized spacial score (nSPS) is 16.4. The van der Waals surface area contributed by atoms with Crippen LogP contribution in [0.5, 0.6) is 0 Å². The van der Waals surface area contributed by atoms with Crippen LogP contribution in [0.1, 0.15) is 46.0 Å². The van der Waals surface area contributed by atoms with Gasteiger partial charge in [0, 0.05) is 0 Å². The minimum absolute atomic E-state index is 0.508. The summed E-state index contributed by atoms with van der Waals surface area (Å²) in [5, 5.41) is 18.5. The van der Waals surface area contributed by atoms with Gasteiger partial charge in [0.2, 0.25) is 0 Å². The van der Waals surface area contributed by atoms with Crippen molar-refractivity contribution in [2.45, 2.75) is 58.2 Å². The molecular weight excluding hydrogens is 140 g/mol. The molecule has 2 N–H and O–H groups in total. The summed E-state index contributed by atoms with van der Waals surface area (Å²) in [5.74, 6) is 0. The molecule has 2 heteroatoms. The van der Waals surface area contributed by atoms with Crippen molar-refractivity contribution in [3.05, 3.63) is 0 Å². The third kappa shape index (κ3) is 5.22. The van der Waals surface area contributed by atoms with Crippen LogP contribution in [0.3, 0.4) is 0 Å². The molecule has 0 saturated heterocycles. The zero-order valence-corrected chi connectivity index (χ0v) is 7.58. The van der Waals surface area contributed by atoms with Crippen LogP contribution in [0.2, 0.25) is 0 Å². The van der Waals surface area contributed by atoms with E-state index in [9.17, 15) is 10.2 Å². The quantitative estimate of drug-likeness (QED) is 0.581. The Morgan fingerprint density at radius 2 is 1.64 bits per heavy atom. The molecule has 0 fully saturated rings. The predicted octanol–water partition coefficient (Wildman–Crippen LogP) is 1.70. The highest BCUT2D eigenvalue weighted by Crippen LogP contribution is 2.08. The van der Waals surface area contributed by atoms with E-state index in [1.54, 1.807) is 0 Å². The minimum atomic E-state index is -0.521. The molecule has 0 radical (unpaired) electrons. The lowest BCUT2D eigenvalue weighted by atomic mass is 10.0. The summed E-state index contributed by atoms with van der Waals surface area (Å²) in [5.41, 5.74) is 0. The average Bonchev–Trinajstić information content (AvgIpc) is 2.03. The molecule has 0 aliphatic heterocycles. The fourth-order valence-corrected chi connectivity index (χ4v) is 1.07. The van der Waals surface area contributed by atoms with Crippen LogP contribution in [0.15, 0.2) is 0 Å². The lowest BCUT2D eigenvalue weighted by Gasteiger charge is -2.15. The van der Waals surface area contributed by atoms with Crippen molar-refractivity contribution in [1.82, 2.24) is 0 Å². The smallest absolute Gasteiger partial charge is 0.0799 e. The van der Waals surface area contributed by atoms with Gasteiger partial charge < -0.3 is 10.2 Å². The first-order chi connectivity index (χ1) is 5.22. The fourth-order valence-electron chi connectivity index (χ4n) is 1.07. The van der Waals surface area contributed by atoms with Gasteiger partial charge in [-0.15, -0.1) is 0 Å². The highest BCUT2D eigenvalue weighted by atomic mass is 16.3. The Balaban J connectivity index is 3.28. The topological polar surface area (TPSA) is 40.5 Å². The van der Waals surface area contributed by atoms with Crippen LogP contribution in [0, 0.1) is 0 Å². The molecule has 0 bridgehead atoms. The monoisotopic (exact) mass is 160 g/mol. The SMILES string of the molecule is CCCCC[C@@H](O)[C@@H](O)CC. The van der Waals surface area contributed by atoms with Gasteiger partial charge in [-0.1, -0.05) is 33.1 Å². The van der Waals surface area contributed by atoms with E-state index in [2.05, 4.69) is 6.92 Å². The lowest BCUT2D eigenvalue weighted by Crippen LogP contribution is -2.24. The highest BCUT2D eigenvalue weighted by Gasteiger charge is 2.12. The van der Waals surface area contributed by atoms with Crippen molar-refractivity contribution >= 4 is 0 Å². The van der Waals surface area contributed by atoms with Crippen molar-refractivity contribution < 1.29 is 10.2 Å². The molecule has 0 aromatic carbocycles.